The van der Waals surface area contributed by atoms with E-state index in [9.17, 15) is 9.59 Å². The number of hydrogen-bond acceptors (Lipinski definition) is 4. The van der Waals surface area contributed by atoms with Gasteiger partial charge in [-0.25, -0.2) is 9.18 Å². The lowest BCUT2D eigenvalue weighted by Crippen LogP contribution is -2.40. The second kappa shape index (κ2) is 8.10. The summed E-state index contributed by atoms with van der Waals surface area (Å²) in [6, 6.07) is 11.8. The van der Waals surface area contributed by atoms with Gasteiger partial charge < -0.3 is 14.0 Å². The number of hydrogen-bond donors (Lipinski definition) is 0. The molecule has 0 saturated heterocycles. The first-order valence-electron chi connectivity index (χ1n) is 11.1. The van der Waals surface area contributed by atoms with Gasteiger partial charge in [-0.3, -0.25) is 13.9 Å². The minimum absolute atomic E-state index is 0.166. The molecule has 4 aromatic rings. The molecule has 0 unspecified atom stereocenters. The van der Waals surface area contributed by atoms with Gasteiger partial charge in [0.15, 0.2) is 0 Å². The van der Waals surface area contributed by atoms with E-state index in [1.54, 1.807) is 20.2 Å². The Morgan fingerprint density at radius 3 is 2.40 bits per heavy atom. The molecule has 35 heavy (non-hydrogen) atoms. The summed E-state index contributed by atoms with van der Waals surface area (Å²) in [6.45, 7) is 4.18. The molecule has 3 heterocycles. The second-order valence-electron chi connectivity index (χ2n) is 9.37. The minimum atomic E-state index is -0.927. The Morgan fingerprint density at radius 2 is 1.77 bits per heavy atom. The van der Waals surface area contributed by atoms with Crippen LogP contribution in [0.25, 0.3) is 22.2 Å². The lowest BCUT2D eigenvalue weighted by atomic mass is 9.97. The van der Waals surface area contributed by atoms with Crippen LogP contribution in [0, 0.1) is 5.82 Å². The molecule has 5 rings (SSSR count). The van der Waals surface area contributed by atoms with Crippen LogP contribution in [0.1, 0.15) is 31.2 Å². The Hall–Kier alpha value is -3.36. The van der Waals surface area contributed by atoms with Gasteiger partial charge in [0.25, 0.3) is 5.56 Å². The first-order valence-corrected chi connectivity index (χ1v) is 11.5. The van der Waals surface area contributed by atoms with Crippen molar-refractivity contribution in [2.24, 2.45) is 14.1 Å². The molecule has 2 aromatic heterocycles. The van der Waals surface area contributed by atoms with E-state index in [0.717, 1.165) is 10.1 Å². The lowest BCUT2D eigenvalue weighted by Gasteiger charge is -2.39. The SMILES string of the molecule is COc1ccc(-c2c3c(=O)n(C)c(=O)n(C)c3c3n2C(C)(C)CO[C@@H]3c2c(F)cccc2Cl)cc1. The van der Waals surface area contributed by atoms with Gasteiger partial charge in [0.2, 0.25) is 0 Å². The molecule has 0 radical (unpaired) electrons. The van der Waals surface area contributed by atoms with Crippen LogP contribution >= 0.6 is 11.6 Å². The minimum Gasteiger partial charge on any atom is -0.497 e. The molecule has 1 aliphatic heterocycles. The van der Waals surface area contributed by atoms with Crippen molar-refractivity contribution in [3.05, 3.63) is 85.4 Å². The molecule has 1 aliphatic rings. The molecular weight excluding hydrogens is 473 g/mol. The van der Waals surface area contributed by atoms with Gasteiger partial charge in [-0.1, -0.05) is 17.7 Å². The molecule has 7 nitrogen and oxygen atoms in total. The fourth-order valence-electron chi connectivity index (χ4n) is 5.00. The smallest absolute Gasteiger partial charge is 0.331 e. The lowest BCUT2D eigenvalue weighted by molar-refractivity contribution is -0.00851. The van der Waals surface area contributed by atoms with E-state index in [1.807, 2.05) is 42.7 Å². The predicted octanol–water partition coefficient (Wildman–Crippen LogP) is 4.36. The van der Waals surface area contributed by atoms with Crippen molar-refractivity contribution in [3.8, 4) is 17.0 Å². The summed E-state index contributed by atoms with van der Waals surface area (Å²) >= 11 is 6.46. The number of aryl methyl sites for hydroxylation is 1. The molecule has 182 valence electrons. The number of rotatable bonds is 3. The van der Waals surface area contributed by atoms with Crippen LogP contribution in [0.3, 0.4) is 0 Å². The van der Waals surface area contributed by atoms with Crippen LogP contribution < -0.4 is 16.0 Å². The summed E-state index contributed by atoms with van der Waals surface area (Å²) in [5.41, 5.74) is 0.889. The van der Waals surface area contributed by atoms with Crippen LogP contribution in [-0.4, -0.2) is 27.4 Å². The average molecular weight is 498 g/mol. The van der Waals surface area contributed by atoms with Crippen molar-refractivity contribution in [2.75, 3.05) is 13.7 Å². The third kappa shape index (κ3) is 3.35. The third-order valence-electron chi connectivity index (χ3n) is 6.69. The molecule has 0 bridgehead atoms. The van der Waals surface area contributed by atoms with Crippen LogP contribution in [-0.2, 0) is 24.4 Å². The van der Waals surface area contributed by atoms with E-state index in [2.05, 4.69) is 0 Å². The van der Waals surface area contributed by atoms with Crippen LogP contribution in [0.5, 0.6) is 5.75 Å². The van der Waals surface area contributed by atoms with Gasteiger partial charge in [0, 0.05) is 24.7 Å². The maximum absolute atomic E-state index is 15.1. The van der Waals surface area contributed by atoms with Gasteiger partial charge in [-0.05, 0) is 55.8 Å². The maximum atomic E-state index is 15.1. The normalized spacial score (nSPS) is 16.9. The summed E-state index contributed by atoms with van der Waals surface area (Å²) in [6.07, 6.45) is -0.927. The summed E-state index contributed by atoms with van der Waals surface area (Å²) < 4.78 is 31.2. The molecule has 2 aromatic carbocycles. The Bertz CT molecular complexity index is 1580. The van der Waals surface area contributed by atoms with E-state index in [4.69, 9.17) is 21.1 Å². The quantitative estimate of drug-likeness (QED) is 0.422. The molecule has 1 atom stereocenters. The van der Waals surface area contributed by atoms with Crippen molar-refractivity contribution < 1.29 is 13.9 Å². The highest BCUT2D eigenvalue weighted by Crippen LogP contribution is 2.47. The molecule has 0 spiro atoms. The highest BCUT2D eigenvalue weighted by atomic mass is 35.5. The van der Waals surface area contributed by atoms with Crippen LogP contribution in [0.15, 0.2) is 52.1 Å². The zero-order valence-electron chi connectivity index (χ0n) is 20.1. The number of aromatic nitrogens is 3. The Kier molecular flexibility index (Phi) is 5.41. The maximum Gasteiger partial charge on any atom is 0.331 e. The van der Waals surface area contributed by atoms with Crippen LogP contribution in [0.4, 0.5) is 4.39 Å². The van der Waals surface area contributed by atoms with E-state index in [0.29, 0.717) is 28.0 Å². The second-order valence-corrected chi connectivity index (χ2v) is 9.77. The Balaban J connectivity index is 2.01. The van der Waals surface area contributed by atoms with Crippen molar-refractivity contribution in [1.29, 1.82) is 0 Å². The Morgan fingerprint density at radius 1 is 1.09 bits per heavy atom. The fraction of sp³-hybridized carbons (Fsp3) is 0.308. The standard InChI is InChI=1S/C26H25ClFN3O4/c1-26(2)13-35-23(18-16(27)7-6-8-17(18)28)22-21-19(24(32)30(4)25(33)29(21)3)20(31(22)26)14-9-11-15(34-5)12-10-14/h6-12,23H,13H2,1-5H3/t23-/m1/s1. The van der Waals surface area contributed by atoms with E-state index in [1.165, 1.54) is 23.7 Å². The molecule has 0 fully saturated rings. The topological polar surface area (TPSA) is 67.4 Å². The van der Waals surface area contributed by atoms with Gasteiger partial charge >= 0.3 is 5.69 Å². The van der Waals surface area contributed by atoms with E-state index < -0.39 is 28.7 Å². The number of benzene rings is 2. The molecule has 0 amide bonds. The highest BCUT2D eigenvalue weighted by molar-refractivity contribution is 6.31. The average Bonchev–Trinajstić information content (AvgIpc) is 3.20. The van der Waals surface area contributed by atoms with Gasteiger partial charge in [-0.2, -0.15) is 0 Å². The summed E-state index contributed by atoms with van der Waals surface area (Å²) in [5, 5.41) is 0.557. The Labute approximate surface area is 205 Å². The molecule has 9 heteroatoms. The summed E-state index contributed by atoms with van der Waals surface area (Å²) in [7, 11) is 4.63. The first-order chi connectivity index (χ1) is 16.6. The van der Waals surface area contributed by atoms with Gasteiger partial charge in [0.1, 0.15) is 17.7 Å². The third-order valence-corrected chi connectivity index (χ3v) is 7.02. The fourth-order valence-corrected chi connectivity index (χ4v) is 5.26. The number of methoxy groups -OCH3 is 1. The van der Waals surface area contributed by atoms with Gasteiger partial charge in [-0.15, -0.1) is 0 Å². The predicted molar refractivity (Wildman–Crippen MR) is 133 cm³/mol. The zero-order valence-corrected chi connectivity index (χ0v) is 20.8. The molecule has 0 N–H and O–H groups in total. The van der Waals surface area contributed by atoms with Gasteiger partial charge in [0.05, 0.1) is 41.5 Å². The monoisotopic (exact) mass is 497 g/mol. The summed E-state index contributed by atoms with van der Waals surface area (Å²) in [5.74, 6) is 0.144. The van der Waals surface area contributed by atoms with E-state index in [-0.39, 0.29) is 17.2 Å². The molecule has 0 aliphatic carbocycles. The first kappa shape index (κ1) is 23.4. The zero-order chi connectivity index (χ0) is 25.2. The number of nitrogens with zero attached hydrogens (tertiary/aromatic N) is 3. The number of fused-ring (bicyclic) bond motifs is 3. The summed E-state index contributed by atoms with van der Waals surface area (Å²) in [4.78, 5) is 26.6. The molecule has 0 saturated carbocycles. The van der Waals surface area contributed by atoms with Crippen LogP contribution in [0.2, 0.25) is 5.02 Å². The van der Waals surface area contributed by atoms with Crippen molar-refractivity contribution in [1.82, 2.24) is 13.7 Å². The van der Waals surface area contributed by atoms with Crippen molar-refractivity contribution in [3.63, 3.8) is 0 Å². The highest BCUT2D eigenvalue weighted by Gasteiger charge is 2.42. The number of ether oxygens (including phenoxy) is 2. The van der Waals surface area contributed by atoms with E-state index >= 15 is 4.39 Å². The largest absolute Gasteiger partial charge is 0.497 e. The number of halogens is 2. The van der Waals surface area contributed by atoms with Crippen molar-refractivity contribution in [2.45, 2.75) is 25.5 Å². The van der Waals surface area contributed by atoms with Crippen molar-refractivity contribution >= 4 is 22.5 Å². The molecular formula is C26H25ClFN3O4.